The van der Waals surface area contributed by atoms with Gasteiger partial charge in [0.1, 0.15) is 12.0 Å². The van der Waals surface area contributed by atoms with Crippen LogP contribution < -0.4 is 0 Å². The molecule has 0 atom stereocenters. The van der Waals surface area contributed by atoms with Gasteiger partial charge in [0, 0.05) is 5.41 Å². The molecule has 0 N–H and O–H groups in total. The minimum absolute atomic E-state index is 0.110. The van der Waals surface area contributed by atoms with Crippen LogP contribution >= 0.6 is 22.6 Å². The van der Waals surface area contributed by atoms with Crippen molar-refractivity contribution in [3.05, 3.63) is 21.4 Å². The normalized spacial score (nSPS) is 12.1. The zero-order valence-electron chi connectivity index (χ0n) is 6.74. The second-order valence-electron chi connectivity index (χ2n) is 3.48. The minimum Gasteiger partial charge on any atom is -0.464 e. The molecule has 0 spiro atoms. The number of halogens is 2. The van der Waals surface area contributed by atoms with Crippen molar-refractivity contribution in [2.24, 2.45) is 0 Å². The smallest absolute Gasteiger partial charge is 0.174 e. The van der Waals surface area contributed by atoms with E-state index in [9.17, 15) is 4.39 Å². The van der Waals surface area contributed by atoms with Gasteiger partial charge in [-0.1, -0.05) is 20.8 Å². The first-order valence-corrected chi connectivity index (χ1v) is 4.44. The van der Waals surface area contributed by atoms with Crippen LogP contribution in [0.25, 0.3) is 0 Å². The summed E-state index contributed by atoms with van der Waals surface area (Å²) in [6.45, 7) is 5.98. The first kappa shape index (κ1) is 9.03. The lowest BCUT2D eigenvalue weighted by molar-refractivity contribution is 0.404. The lowest BCUT2D eigenvalue weighted by Gasteiger charge is -2.14. The van der Waals surface area contributed by atoms with E-state index in [1.54, 1.807) is 0 Å². The maximum Gasteiger partial charge on any atom is 0.174 e. The SMILES string of the molecule is CC(C)(C)c1occ(F)c1I. The van der Waals surface area contributed by atoms with E-state index in [-0.39, 0.29) is 11.2 Å². The summed E-state index contributed by atoms with van der Waals surface area (Å²) >= 11 is 1.96. The molecule has 0 bridgehead atoms. The second-order valence-corrected chi connectivity index (χ2v) is 4.56. The average molecular weight is 268 g/mol. The molecule has 0 saturated heterocycles. The topological polar surface area (TPSA) is 13.1 Å². The number of furan rings is 1. The summed E-state index contributed by atoms with van der Waals surface area (Å²) in [7, 11) is 0. The van der Waals surface area contributed by atoms with E-state index in [4.69, 9.17) is 4.42 Å². The van der Waals surface area contributed by atoms with Gasteiger partial charge in [0.15, 0.2) is 5.82 Å². The van der Waals surface area contributed by atoms with Crippen LogP contribution in [0.4, 0.5) is 4.39 Å². The standard InChI is InChI=1S/C8H10FIO/c1-8(2,3)7-6(10)5(9)4-11-7/h4H,1-3H3. The van der Waals surface area contributed by atoms with Crippen molar-refractivity contribution < 1.29 is 8.81 Å². The Morgan fingerprint density at radius 3 is 2.18 bits per heavy atom. The fraction of sp³-hybridized carbons (Fsp3) is 0.500. The third-order valence-corrected chi connectivity index (χ3v) is 2.38. The molecule has 0 amide bonds. The molecule has 0 unspecified atom stereocenters. The van der Waals surface area contributed by atoms with Gasteiger partial charge in [-0.15, -0.1) is 0 Å². The van der Waals surface area contributed by atoms with Gasteiger partial charge in [0.2, 0.25) is 0 Å². The minimum atomic E-state index is -0.268. The molecule has 0 radical (unpaired) electrons. The van der Waals surface area contributed by atoms with Crippen LogP contribution in [0, 0.1) is 9.39 Å². The highest BCUT2D eigenvalue weighted by Crippen LogP contribution is 2.29. The number of hydrogen-bond acceptors (Lipinski definition) is 1. The van der Waals surface area contributed by atoms with E-state index in [1.165, 1.54) is 0 Å². The summed E-state index contributed by atoms with van der Waals surface area (Å²) in [5.74, 6) is 0.450. The summed E-state index contributed by atoms with van der Waals surface area (Å²) in [4.78, 5) is 0. The molecule has 1 heterocycles. The molecule has 1 aromatic heterocycles. The Kier molecular flexibility index (Phi) is 2.27. The molecule has 1 nitrogen and oxygen atoms in total. The van der Waals surface area contributed by atoms with E-state index in [2.05, 4.69) is 0 Å². The highest BCUT2D eigenvalue weighted by Gasteiger charge is 2.23. The van der Waals surface area contributed by atoms with Gasteiger partial charge in [-0.25, -0.2) is 4.39 Å². The Bertz CT molecular complexity index is 260. The van der Waals surface area contributed by atoms with Crippen LogP contribution in [-0.2, 0) is 5.41 Å². The molecule has 0 aromatic carbocycles. The van der Waals surface area contributed by atoms with Gasteiger partial charge in [0.05, 0.1) is 3.57 Å². The van der Waals surface area contributed by atoms with E-state index in [0.29, 0.717) is 3.57 Å². The van der Waals surface area contributed by atoms with Crippen LogP contribution in [0.3, 0.4) is 0 Å². The zero-order chi connectivity index (χ0) is 8.65. The van der Waals surface area contributed by atoms with Crippen molar-refractivity contribution in [1.82, 2.24) is 0 Å². The first-order valence-electron chi connectivity index (χ1n) is 3.36. The molecular weight excluding hydrogens is 258 g/mol. The molecule has 62 valence electrons. The van der Waals surface area contributed by atoms with Crippen molar-refractivity contribution in [2.45, 2.75) is 26.2 Å². The summed E-state index contributed by atoms with van der Waals surface area (Å²) in [6, 6.07) is 0. The van der Waals surface area contributed by atoms with Crippen molar-refractivity contribution in [3.63, 3.8) is 0 Å². The van der Waals surface area contributed by atoms with Crippen LogP contribution in [-0.4, -0.2) is 0 Å². The van der Waals surface area contributed by atoms with Gasteiger partial charge >= 0.3 is 0 Å². The largest absolute Gasteiger partial charge is 0.464 e. The van der Waals surface area contributed by atoms with Gasteiger partial charge in [-0.3, -0.25) is 0 Å². The fourth-order valence-corrected chi connectivity index (χ4v) is 1.89. The Labute approximate surface area is 79.1 Å². The summed E-state index contributed by atoms with van der Waals surface area (Å²) < 4.78 is 18.4. The van der Waals surface area contributed by atoms with Crippen molar-refractivity contribution in [3.8, 4) is 0 Å². The summed E-state index contributed by atoms with van der Waals surface area (Å²) in [5.41, 5.74) is -0.110. The Morgan fingerprint density at radius 2 is 2.00 bits per heavy atom. The third kappa shape index (κ3) is 1.75. The fourth-order valence-electron chi connectivity index (χ4n) is 0.829. The molecular formula is C8H10FIO. The second kappa shape index (κ2) is 2.77. The first-order chi connectivity index (χ1) is 4.93. The zero-order valence-corrected chi connectivity index (χ0v) is 8.90. The molecule has 0 saturated carbocycles. The van der Waals surface area contributed by atoms with Gasteiger partial charge in [-0.2, -0.15) is 0 Å². The van der Waals surface area contributed by atoms with Crippen LogP contribution in [0.5, 0.6) is 0 Å². The van der Waals surface area contributed by atoms with Gasteiger partial charge in [-0.05, 0) is 22.6 Å². The molecule has 11 heavy (non-hydrogen) atoms. The molecule has 1 rings (SSSR count). The molecule has 0 aliphatic rings. The predicted octanol–water partition coefficient (Wildman–Crippen LogP) is 3.32. The highest BCUT2D eigenvalue weighted by molar-refractivity contribution is 14.1. The summed E-state index contributed by atoms with van der Waals surface area (Å²) in [6.07, 6.45) is 1.16. The maximum atomic E-state index is 12.8. The Balaban J connectivity index is 3.15. The molecule has 1 aromatic rings. The Morgan fingerprint density at radius 1 is 1.45 bits per heavy atom. The number of rotatable bonds is 0. The van der Waals surface area contributed by atoms with Crippen LogP contribution in [0.2, 0.25) is 0 Å². The highest BCUT2D eigenvalue weighted by atomic mass is 127. The van der Waals surface area contributed by atoms with Crippen molar-refractivity contribution in [2.75, 3.05) is 0 Å². The molecule has 0 aliphatic heterocycles. The molecule has 0 fully saturated rings. The maximum absolute atomic E-state index is 12.8. The molecule has 3 heteroatoms. The third-order valence-electron chi connectivity index (χ3n) is 1.37. The number of hydrogen-bond donors (Lipinski definition) is 0. The van der Waals surface area contributed by atoms with Crippen LogP contribution in [0.1, 0.15) is 26.5 Å². The average Bonchev–Trinajstić information content (AvgIpc) is 2.11. The van der Waals surface area contributed by atoms with E-state index < -0.39 is 0 Å². The summed E-state index contributed by atoms with van der Waals surface area (Å²) in [5, 5.41) is 0. The van der Waals surface area contributed by atoms with Gasteiger partial charge < -0.3 is 4.42 Å². The van der Waals surface area contributed by atoms with E-state index in [1.807, 2.05) is 43.4 Å². The van der Waals surface area contributed by atoms with Crippen molar-refractivity contribution >= 4 is 22.6 Å². The quantitative estimate of drug-likeness (QED) is 0.658. The van der Waals surface area contributed by atoms with Crippen LogP contribution in [0.15, 0.2) is 10.7 Å². The van der Waals surface area contributed by atoms with Gasteiger partial charge in [0.25, 0.3) is 0 Å². The van der Waals surface area contributed by atoms with Crippen molar-refractivity contribution in [1.29, 1.82) is 0 Å². The van der Waals surface area contributed by atoms with E-state index in [0.717, 1.165) is 12.0 Å². The Hall–Kier alpha value is -0.0600. The lowest BCUT2D eigenvalue weighted by atomic mass is 9.94. The predicted molar refractivity (Wildman–Crippen MR) is 50.1 cm³/mol. The lowest BCUT2D eigenvalue weighted by Crippen LogP contribution is -2.11. The van der Waals surface area contributed by atoms with E-state index >= 15 is 0 Å². The molecule has 0 aliphatic carbocycles. The monoisotopic (exact) mass is 268 g/mol.